The molecule has 36 heavy (non-hydrogen) atoms. The molecule has 6 rings (SSSR count). The number of nitrogens with zero attached hydrogens (tertiary/aromatic N) is 2. The van der Waals surface area contributed by atoms with Gasteiger partial charge in [-0.3, -0.25) is 14.4 Å². The van der Waals surface area contributed by atoms with Crippen LogP contribution in [0.1, 0.15) is 28.3 Å². The predicted octanol–water partition coefficient (Wildman–Crippen LogP) is 5.11. The molecule has 3 aromatic rings. The minimum absolute atomic E-state index is 0.265. The molecule has 1 N–H and O–H groups in total. The maximum absolute atomic E-state index is 14.0. The second-order valence-electron chi connectivity index (χ2n) is 9.63. The largest absolute Gasteiger partial charge is 0.357 e. The molecule has 2 saturated heterocycles. The lowest BCUT2D eigenvalue weighted by atomic mass is 9.84. The summed E-state index contributed by atoms with van der Waals surface area (Å²) in [6, 6.07) is 19.1. The standard InChI is InChI=1S/C29H24ClN3O3/c1-16-7-12-22(17(2)15-16)33-28(35)23-24(29(33)36)26(27(34)31-20-10-8-19(30)9-11-20)32-14-13-18-5-3-4-6-21(18)25(23)32/h3-15,23-26H,1-2H3,(H,31,34). The van der Waals surface area contributed by atoms with Crippen LogP contribution >= 0.6 is 11.6 Å². The summed E-state index contributed by atoms with van der Waals surface area (Å²) >= 11 is 6.00. The van der Waals surface area contributed by atoms with E-state index in [2.05, 4.69) is 5.32 Å². The van der Waals surface area contributed by atoms with Crippen molar-refractivity contribution in [3.63, 3.8) is 0 Å². The smallest absolute Gasteiger partial charge is 0.247 e. The number of imide groups is 1. The summed E-state index contributed by atoms with van der Waals surface area (Å²) in [7, 11) is 0. The quantitative estimate of drug-likeness (QED) is 0.510. The Morgan fingerprint density at radius 3 is 2.39 bits per heavy atom. The van der Waals surface area contributed by atoms with Crippen molar-refractivity contribution in [2.45, 2.75) is 25.9 Å². The van der Waals surface area contributed by atoms with Gasteiger partial charge in [-0.1, -0.05) is 53.6 Å². The minimum Gasteiger partial charge on any atom is -0.357 e. The Labute approximate surface area is 214 Å². The molecular weight excluding hydrogens is 474 g/mol. The molecule has 3 heterocycles. The Morgan fingerprint density at radius 2 is 1.64 bits per heavy atom. The van der Waals surface area contributed by atoms with Crippen molar-refractivity contribution < 1.29 is 14.4 Å². The van der Waals surface area contributed by atoms with Crippen molar-refractivity contribution in [3.8, 4) is 0 Å². The summed E-state index contributed by atoms with van der Waals surface area (Å²) in [6.45, 7) is 3.87. The van der Waals surface area contributed by atoms with E-state index in [-0.39, 0.29) is 17.7 Å². The molecule has 7 heteroatoms. The number of aryl methyl sites for hydroxylation is 2. The van der Waals surface area contributed by atoms with E-state index in [9.17, 15) is 14.4 Å². The van der Waals surface area contributed by atoms with E-state index in [0.717, 1.165) is 22.3 Å². The summed E-state index contributed by atoms with van der Waals surface area (Å²) in [5.74, 6) is -2.42. The summed E-state index contributed by atoms with van der Waals surface area (Å²) in [6.07, 6.45) is 3.78. The van der Waals surface area contributed by atoms with Crippen LogP contribution in [0.5, 0.6) is 0 Å². The SMILES string of the molecule is Cc1ccc(N2C(=O)C3C(C2=O)C2c4ccccc4C=CN2C3C(=O)Nc2ccc(Cl)cc2)c(C)c1. The second kappa shape index (κ2) is 8.35. The van der Waals surface area contributed by atoms with E-state index in [1.807, 2.05) is 73.5 Å². The summed E-state index contributed by atoms with van der Waals surface area (Å²) in [4.78, 5) is 44.8. The van der Waals surface area contributed by atoms with Gasteiger partial charge in [0, 0.05) is 16.9 Å². The molecule has 0 aliphatic carbocycles. The Bertz CT molecular complexity index is 1450. The molecule has 4 atom stereocenters. The molecule has 4 unspecified atom stereocenters. The zero-order valence-electron chi connectivity index (χ0n) is 19.8. The fourth-order valence-electron chi connectivity index (χ4n) is 5.90. The Balaban J connectivity index is 1.45. The van der Waals surface area contributed by atoms with Crippen molar-refractivity contribution in [1.29, 1.82) is 0 Å². The van der Waals surface area contributed by atoms with Gasteiger partial charge in [-0.25, -0.2) is 4.90 Å². The van der Waals surface area contributed by atoms with E-state index in [1.165, 1.54) is 4.90 Å². The number of carbonyl (C=O) groups is 3. The Morgan fingerprint density at radius 1 is 0.917 bits per heavy atom. The van der Waals surface area contributed by atoms with Gasteiger partial charge in [-0.05, 0) is 66.9 Å². The molecule has 2 fully saturated rings. The summed E-state index contributed by atoms with van der Waals surface area (Å²) in [5, 5.41) is 3.49. The number of hydrogen-bond donors (Lipinski definition) is 1. The molecule has 0 aromatic heterocycles. The number of fused-ring (bicyclic) bond motifs is 5. The molecule has 0 saturated carbocycles. The predicted molar refractivity (Wildman–Crippen MR) is 139 cm³/mol. The molecule has 3 aromatic carbocycles. The average Bonchev–Trinajstić information content (AvgIpc) is 3.34. The van der Waals surface area contributed by atoms with Gasteiger partial charge >= 0.3 is 0 Å². The zero-order valence-corrected chi connectivity index (χ0v) is 20.6. The fourth-order valence-corrected chi connectivity index (χ4v) is 6.03. The van der Waals surface area contributed by atoms with E-state index in [0.29, 0.717) is 16.4 Å². The van der Waals surface area contributed by atoms with Gasteiger partial charge in [0.05, 0.1) is 23.6 Å². The van der Waals surface area contributed by atoms with Crippen LogP contribution in [0.25, 0.3) is 6.08 Å². The third kappa shape index (κ3) is 3.36. The molecule has 0 spiro atoms. The zero-order chi connectivity index (χ0) is 25.1. The molecule has 3 amide bonds. The van der Waals surface area contributed by atoms with E-state index in [1.54, 1.807) is 24.3 Å². The number of anilines is 2. The van der Waals surface area contributed by atoms with Gasteiger partial charge in [-0.15, -0.1) is 0 Å². The van der Waals surface area contributed by atoms with E-state index < -0.39 is 23.9 Å². The molecule has 180 valence electrons. The first-order chi connectivity index (χ1) is 17.3. The lowest BCUT2D eigenvalue weighted by Crippen LogP contribution is -2.46. The fraction of sp³-hybridized carbons (Fsp3) is 0.207. The topological polar surface area (TPSA) is 69.7 Å². The summed E-state index contributed by atoms with van der Waals surface area (Å²) in [5.41, 5.74) is 4.98. The highest BCUT2D eigenvalue weighted by Gasteiger charge is 2.64. The average molecular weight is 498 g/mol. The number of amides is 3. The van der Waals surface area contributed by atoms with Crippen LogP contribution < -0.4 is 10.2 Å². The number of halogens is 1. The highest BCUT2D eigenvalue weighted by molar-refractivity contribution is 6.30. The molecule has 0 bridgehead atoms. The number of hydrogen-bond acceptors (Lipinski definition) is 4. The minimum atomic E-state index is -0.840. The molecular formula is C29H24ClN3O3. The van der Waals surface area contributed by atoms with Crippen LogP contribution in [-0.2, 0) is 14.4 Å². The van der Waals surface area contributed by atoms with Gasteiger partial charge in [0.1, 0.15) is 6.04 Å². The highest BCUT2D eigenvalue weighted by atomic mass is 35.5. The number of benzene rings is 3. The van der Waals surface area contributed by atoms with Crippen LogP contribution in [0.4, 0.5) is 11.4 Å². The maximum Gasteiger partial charge on any atom is 0.247 e. The lowest BCUT2D eigenvalue weighted by Gasteiger charge is -2.35. The first kappa shape index (κ1) is 22.6. The van der Waals surface area contributed by atoms with Crippen molar-refractivity contribution in [2.75, 3.05) is 10.2 Å². The van der Waals surface area contributed by atoms with Crippen LogP contribution in [-0.4, -0.2) is 28.7 Å². The van der Waals surface area contributed by atoms with E-state index in [4.69, 9.17) is 11.6 Å². The molecule has 3 aliphatic heterocycles. The maximum atomic E-state index is 14.0. The van der Waals surface area contributed by atoms with E-state index >= 15 is 0 Å². The second-order valence-corrected chi connectivity index (χ2v) is 10.1. The van der Waals surface area contributed by atoms with Crippen LogP contribution in [0, 0.1) is 25.7 Å². The van der Waals surface area contributed by atoms with Crippen molar-refractivity contribution in [2.24, 2.45) is 11.8 Å². The highest BCUT2D eigenvalue weighted by Crippen LogP contribution is 2.53. The van der Waals surface area contributed by atoms with Crippen LogP contribution in [0.15, 0.2) is 72.9 Å². The number of nitrogens with one attached hydrogen (secondary N) is 1. The van der Waals surface area contributed by atoms with Crippen LogP contribution in [0.3, 0.4) is 0 Å². The normalized spacial score (nSPS) is 24.0. The van der Waals surface area contributed by atoms with Gasteiger partial charge in [0.15, 0.2) is 0 Å². The Kier molecular flexibility index (Phi) is 5.23. The molecule has 6 nitrogen and oxygen atoms in total. The van der Waals surface area contributed by atoms with Crippen LogP contribution in [0.2, 0.25) is 5.02 Å². The van der Waals surface area contributed by atoms with Gasteiger partial charge in [-0.2, -0.15) is 0 Å². The Hall–Kier alpha value is -3.90. The monoisotopic (exact) mass is 497 g/mol. The third-order valence-electron chi connectivity index (χ3n) is 7.44. The third-order valence-corrected chi connectivity index (χ3v) is 7.69. The van der Waals surface area contributed by atoms with Gasteiger partial charge < -0.3 is 10.2 Å². The van der Waals surface area contributed by atoms with Crippen molar-refractivity contribution in [3.05, 3.63) is 100 Å². The van der Waals surface area contributed by atoms with Crippen molar-refractivity contribution >= 4 is 46.8 Å². The lowest BCUT2D eigenvalue weighted by molar-refractivity contribution is -0.128. The van der Waals surface area contributed by atoms with Gasteiger partial charge in [0.25, 0.3) is 0 Å². The summed E-state index contributed by atoms with van der Waals surface area (Å²) < 4.78 is 0. The molecule has 3 aliphatic rings. The van der Waals surface area contributed by atoms with Gasteiger partial charge in [0.2, 0.25) is 17.7 Å². The van der Waals surface area contributed by atoms with Crippen molar-refractivity contribution in [1.82, 2.24) is 4.90 Å². The molecule has 0 radical (unpaired) electrons. The number of carbonyl (C=O) groups excluding carboxylic acids is 3. The number of rotatable bonds is 3. The first-order valence-corrected chi connectivity index (χ1v) is 12.3. The first-order valence-electron chi connectivity index (χ1n) is 11.9.